The van der Waals surface area contributed by atoms with Gasteiger partial charge in [-0.2, -0.15) is 0 Å². The molecule has 0 bridgehead atoms. The molecule has 0 spiro atoms. The highest BCUT2D eigenvalue weighted by molar-refractivity contribution is 9.10. The Bertz CT molecular complexity index is 473. The highest BCUT2D eigenvalue weighted by Gasteiger charge is 2.32. The summed E-state index contributed by atoms with van der Waals surface area (Å²) >= 11 is 15.4. The van der Waals surface area contributed by atoms with Crippen molar-refractivity contribution in [2.24, 2.45) is 0 Å². The van der Waals surface area contributed by atoms with E-state index in [9.17, 15) is 4.79 Å². The van der Waals surface area contributed by atoms with Crippen LogP contribution in [-0.4, -0.2) is 17.3 Å². The molecule has 1 aromatic rings. The molecule has 0 saturated heterocycles. The molecule has 1 N–H and O–H groups in total. The van der Waals surface area contributed by atoms with Gasteiger partial charge in [0.2, 0.25) is 0 Å². The lowest BCUT2D eigenvalue weighted by molar-refractivity contribution is 0.0885. The lowest BCUT2D eigenvalue weighted by Gasteiger charge is -2.36. The Labute approximate surface area is 132 Å². The van der Waals surface area contributed by atoms with Crippen LogP contribution in [0.15, 0.2) is 22.7 Å². The van der Waals surface area contributed by atoms with Gasteiger partial charge in [-0.3, -0.25) is 4.79 Å². The van der Waals surface area contributed by atoms with E-state index in [2.05, 4.69) is 21.2 Å². The van der Waals surface area contributed by atoms with Gasteiger partial charge in [0, 0.05) is 15.9 Å². The van der Waals surface area contributed by atoms with Crippen LogP contribution in [0.1, 0.15) is 42.5 Å². The Balaban J connectivity index is 2.12. The number of benzene rings is 1. The minimum absolute atomic E-state index is 0.100. The molecular formula is C14H16BrCl2NO. The minimum Gasteiger partial charge on any atom is -0.345 e. The van der Waals surface area contributed by atoms with Gasteiger partial charge >= 0.3 is 0 Å². The predicted molar refractivity (Wildman–Crippen MR) is 83.2 cm³/mol. The summed E-state index contributed by atoms with van der Waals surface area (Å²) in [5.74, 6) is 0.361. The van der Waals surface area contributed by atoms with Crippen molar-refractivity contribution < 1.29 is 4.79 Å². The summed E-state index contributed by atoms with van der Waals surface area (Å²) in [5.41, 5.74) is 0.319. The molecule has 2 nitrogen and oxygen atoms in total. The lowest BCUT2D eigenvalue weighted by atomic mass is 9.83. The summed E-state index contributed by atoms with van der Waals surface area (Å²) in [6.07, 6.45) is 5.36. The van der Waals surface area contributed by atoms with Gasteiger partial charge in [-0.25, -0.2) is 0 Å². The highest BCUT2D eigenvalue weighted by atomic mass is 79.9. The van der Waals surface area contributed by atoms with Gasteiger partial charge in [0.15, 0.2) is 0 Å². The third-order valence-corrected chi connectivity index (χ3v) is 5.37. The average Bonchev–Trinajstić information content (AvgIpc) is 2.43. The third kappa shape index (κ3) is 3.65. The summed E-state index contributed by atoms with van der Waals surface area (Å²) in [4.78, 5) is 12.3. The molecular weight excluding hydrogens is 349 g/mol. The van der Waals surface area contributed by atoms with Crippen molar-refractivity contribution in [2.75, 3.05) is 5.88 Å². The molecule has 1 aliphatic rings. The van der Waals surface area contributed by atoms with Gasteiger partial charge in [0.05, 0.1) is 10.6 Å². The molecule has 1 fully saturated rings. The molecule has 0 aliphatic heterocycles. The molecule has 0 radical (unpaired) electrons. The van der Waals surface area contributed by atoms with E-state index in [-0.39, 0.29) is 11.4 Å². The van der Waals surface area contributed by atoms with E-state index >= 15 is 0 Å². The van der Waals surface area contributed by atoms with E-state index < -0.39 is 0 Å². The molecule has 1 saturated carbocycles. The van der Waals surface area contributed by atoms with Crippen molar-refractivity contribution in [1.82, 2.24) is 5.32 Å². The number of hydrogen-bond donors (Lipinski definition) is 1. The maximum absolute atomic E-state index is 12.3. The summed E-state index contributed by atoms with van der Waals surface area (Å²) in [6, 6.07) is 5.22. The average molecular weight is 365 g/mol. The first kappa shape index (κ1) is 15.1. The number of halogens is 3. The molecule has 104 valence electrons. The molecule has 1 amide bonds. The Morgan fingerprint density at radius 1 is 1.32 bits per heavy atom. The monoisotopic (exact) mass is 363 g/mol. The number of carbonyl (C=O) groups excluding carboxylic acids is 1. The lowest BCUT2D eigenvalue weighted by Crippen LogP contribution is -2.51. The second-order valence-electron chi connectivity index (χ2n) is 5.06. The zero-order valence-electron chi connectivity index (χ0n) is 10.5. The normalized spacial score (nSPS) is 18.1. The van der Waals surface area contributed by atoms with Crippen LogP contribution in [0.5, 0.6) is 0 Å². The van der Waals surface area contributed by atoms with E-state index in [1.165, 1.54) is 6.42 Å². The number of amides is 1. The van der Waals surface area contributed by atoms with Crippen molar-refractivity contribution in [3.8, 4) is 0 Å². The molecule has 0 aromatic heterocycles. The summed E-state index contributed by atoms with van der Waals surface area (Å²) in [5, 5.41) is 3.64. The van der Waals surface area contributed by atoms with Gasteiger partial charge < -0.3 is 5.32 Å². The standard InChI is InChI=1S/C14H16BrCl2NO/c15-11-5-4-10(8-12(11)17)13(19)18-14(9-16)6-2-1-3-7-14/h4-5,8H,1-3,6-7,9H2,(H,18,19). The quantitative estimate of drug-likeness (QED) is 0.768. The van der Waals surface area contributed by atoms with Crippen molar-refractivity contribution >= 4 is 45.0 Å². The van der Waals surface area contributed by atoms with Gasteiger partial charge in [0.25, 0.3) is 5.91 Å². The van der Waals surface area contributed by atoms with Crippen LogP contribution in [-0.2, 0) is 0 Å². The highest BCUT2D eigenvalue weighted by Crippen LogP contribution is 2.30. The fourth-order valence-corrected chi connectivity index (χ4v) is 3.23. The Morgan fingerprint density at radius 3 is 2.58 bits per heavy atom. The van der Waals surface area contributed by atoms with Crippen LogP contribution in [0.4, 0.5) is 0 Å². The second kappa shape index (κ2) is 6.47. The number of nitrogens with one attached hydrogen (secondary N) is 1. The van der Waals surface area contributed by atoms with Gasteiger partial charge in [-0.15, -0.1) is 11.6 Å². The van der Waals surface area contributed by atoms with Crippen LogP contribution in [0.2, 0.25) is 5.02 Å². The Kier molecular flexibility index (Phi) is 5.15. The number of rotatable bonds is 3. The number of alkyl halides is 1. The van der Waals surface area contributed by atoms with Crippen molar-refractivity contribution in [3.05, 3.63) is 33.3 Å². The fraction of sp³-hybridized carbons (Fsp3) is 0.500. The van der Waals surface area contributed by atoms with Gasteiger partial charge in [-0.05, 0) is 47.0 Å². The van der Waals surface area contributed by atoms with Gasteiger partial charge in [0.1, 0.15) is 0 Å². The number of hydrogen-bond acceptors (Lipinski definition) is 1. The van der Waals surface area contributed by atoms with Crippen LogP contribution >= 0.6 is 39.1 Å². The summed E-state index contributed by atoms with van der Waals surface area (Å²) < 4.78 is 0.787. The van der Waals surface area contributed by atoms with E-state index in [0.717, 1.165) is 30.2 Å². The molecule has 0 heterocycles. The summed E-state index contributed by atoms with van der Waals surface area (Å²) in [6.45, 7) is 0. The third-order valence-electron chi connectivity index (χ3n) is 3.63. The molecule has 5 heteroatoms. The first-order valence-corrected chi connectivity index (χ1v) is 8.10. The molecule has 2 rings (SSSR count). The van der Waals surface area contributed by atoms with E-state index in [0.29, 0.717) is 16.5 Å². The molecule has 1 aliphatic carbocycles. The van der Waals surface area contributed by atoms with Crippen LogP contribution < -0.4 is 5.32 Å². The maximum atomic E-state index is 12.3. The van der Waals surface area contributed by atoms with E-state index in [1.807, 2.05) is 0 Å². The van der Waals surface area contributed by atoms with Crippen LogP contribution in [0.3, 0.4) is 0 Å². The zero-order valence-corrected chi connectivity index (χ0v) is 13.6. The SMILES string of the molecule is O=C(NC1(CCl)CCCCC1)c1ccc(Br)c(Cl)c1. The fourth-order valence-electron chi connectivity index (χ4n) is 2.47. The van der Waals surface area contributed by atoms with E-state index in [4.69, 9.17) is 23.2 Å². The maximum Gasteiger partial charge on any atom is 0.251 e. The Morgan fingerprint density at radius 2 is 2.00 bits per heavy atom. The number of carbonyl (C=O) groups is 1. The largest absolute Gasteiger partial charge is 0.345 e. The molecule has 0 atom stereocenters. The zero-order chi connectivity index (χ0) is 13.9. The van der Waals surface area contributed by atoms with Gasteiger partial charge in [-0.1, -0.05) is 30.9 Å². The predicted octanol–water partition coefficient (Wildman–Crippen LogP) is 4.77. The van der Waals surface area contributed by atoms with E-state index in [1.54, 1.807) is 18.2 Å². The van der Waals surface area contributed by atoms with Crippen molar-refractivity contribution in [3.63, 3.8) is 0 Å². The second-order valence-corrected chi connectivity index (χ2v) is 6.59. The first-order valence-electron chi connectivity index (χ1n) is 6.40. The minimum atomic E-state index is -0.254. The van der Waals surface area contributed by atoms with Crippen LogP contribution in [0.25, 0.3) is 0 Å². The van der Waals surface area contributed by atoms with Crippen molar-refractivity contribution in [1.29, 1.82) is 0 Å². The summed E-state index contributed by atoms with van der Waals surface area (Å²) in [7, 11) is 0. The first-order chi connectivity index (χ1) is 9.06. The molecule has 0 unspecified atom stereocenters. The smallest absolute Gasteiger partial charge is 0.251 e. The molecule has 19 heavy (non-hydrogen) atoms. The Hall–Kier alpha value is -0.250. The van der Waals surface area contributed by atoms with Crippen LogP contribution in [0, 0.1) is 0 Å². The topological polar surface area (TPSA) is 29.1 Å². The van der Waals surface area contributed by atoms with Crippen molar-refractivity contribution in [2.45, 2.75) is 37.6 Å². The molecule has 1 aromatic carbocycles.